The molecule has 0 atom stereocenters. The summed E-state index contributed by atoms with van der Waals surface area (Å²) in [7, 11) is 0. The van der Waals surface area contributed by atoms with Crippen molar-refractivity contribution < 1.29 is 19.1 Å². The molecule has 0 spiro atoms. The lowest BCUT2D eigenvalue weighted by molar-refractivity contribution is -0.135. The van der Waals surface area contributed by atoms with Gasteiger partial charge >= 0.3 is 11.9 Å². The van der Waals surface area contributed by atoms with E-state index in [1.54, 1.807) is 0 Å². The fraction of sp³-hybridized carbons (Fsp3) is 0.576. The molecule has 0 unspecified atom stereocenters. The number of hydrogen-bond acceptors (Lipinski definition) is 4. The van der Waals surface area contributed by atoms with Gasteiger partial charge in [0.05, 0.1) is 0 Å². The van der Waals surface area contributed by atoms with Gasteiger partial charge < -0.3 is 9.47 Å². The molecule has 0 saturated carbocycles. The zero-order chi connectivity index (χ0) is 26.9. The van der Waals surface area contributed by atoms with Gasteiger partial charge in [-0.1, -0.05) is 116 Å². The third-order valence-electron chi connectivity index (χ3n) is 7.08. The van der Waals surface area contributed by atoms with Crippen LogP contribution in [0.2, 0.25) is 0 Å². The summed E-state index contributed by atoms with van der Waals surface area (Å²) in [6, 6.07) is 15.5. The summed E-state index contributed by atoms with van der Waals surface area (Å²) in [5, 5.41) is 0. The molecular formula is C33H48O4. The maximum Gasteiger partial charge on any atom is 0.311 e. The average molecular weight is 509 g/mol. The molecule has 0 N–H and O–H groups in total. The van der Waals surface area contributed by atoms with E-state index in [9.17, 15) is 9.59 Å². The summed E-state index contributed by atoms with van der Waals surface area (Å²) < 4.78 is 11.1. The number of carbonyl (C=O) groups is 2. The first-order valence-electron chi connectivity index (χ1n) is 14.5. The van der Waals surface area contributed by atoms with E-state index in [4.69, 9.17) is 9.47 Å². The highest BCUT2D eigenvalue weighted by Gasteiger charge is 2.23. The van der Waals surface area contributed by atoms with Gasteiger partial charge in [-0.3, -0.25) is 9.59 Å². The van der Waals surface area contributed by atoms with Crippen molar-refractivity contribution >= 4 is 11.9 Å². The summed E-state index contributed by atoms with van der Waals surface area (Å²) in [5.41, 5.74) is 1.99. The van der Waals surface area contributed by atoms with Gasteiger partial charge in [0.2, 0.25) is 0 Å². The Balaban J connectivity index is 1.81. The predicted octanol–water partition coefficient (Wildman–Crippen LogP) is 9.32. The third kappa shape index (κ3) is 11.5. The van der Waals surface area contributed by atoms with Gasteiger partial charge in [-0.15, -0.1) is 0 Å². The minimum absolute atomic E-state index is 0.163. The number of unbranched alkanes of at least 4 members (excludes halogenated alkanes) is 10. The molecule has 0 amide bonds. The number of rotatable bonds is 18. The van der Waals surface area contributed by atoms with Gasteiger partial charge in [-0.05, 0) is 48.2 Å². The molecule has 2 aromatic carbocycles. The molecule has 2 aromatic rings. The topological polar surface area (TPSA) is 52.6 Å². The second kappa shape index (κ2) is 17.0. The first-order valence-corrected chi connectivity index (χ1v) is 14.5. The lowest BCUT2D eigenvalue weighted by Crippen LogP contribution is -2.19. The first-order chi connectivity index (χ1) is 17.9. The number of esters is 2. The first kappa shape index (κ1) is 30.6. The monoisotopic (exact) mass is 508 g/mol. The van der Waals surface area contributed by atoms with Crippen molar-refractivity contribution in [1.29, 1.82) is 0 Å². The Hall–Kier alpha value is -2.62. The molecule has 0 aromatic heterocycles. The Morgan fingerprint density at radius 2 is 0.865 bits per heavy atom. The largest absolute Gasteiger partial charge is 0.427 e. The smallest absolute Gasteiger partial charge is 0.311 e. The Bertz CT molecular complexity index is 837. The Kier molecular flexibility index (Phi) is 14.1. The van der Waals surface area contributed by atoms with Crippen LogP contribution in [0.25, 0.3) is 0 Å². The third-order valence-corrected chi connectivity index (χ3v) is 7.08. The molecule has 0 aliphatic heterocycles. The summed E-state index contributed by atoms with van der Waals surface area (Å²) in [6.45, 7) is 8.73. The lowest BCUT2D eigenvalue weighted by atomic mass is 9.78. The minimum atomic E-state index is -0.248. The Morgan fingerprint density at radius 1 is 0.541 bits per heavy atom. The van der Waals surface area contributed by atoms with Crippen LogP contribution < -0.4 is 9.47 Å². The molecule has 37 heavy (non-hydrogen) atoms. The molecule has 204 valence electrons. The minimum Gasteiger partial charge on any atom is -0.427 e. The van der Waals surface area contributed by atoms with E-state index in [2.05, 4.69) is 27.7 Å². The van der Waals surface area contributed by atoms with Gasteiger partial charge in [0.15, 0.2) is 0 Å². The van der Waals surface area contributed by atoms with Gasteiger partial charge in [-0.2, -0.15) is 0 Å². The van der Waals surface area contributed by atoms with Crippen LogP contribution in [0.5, 0.6) is 11.5 Å². The fourth-order valence-corrected chi connectivity index (χ4v) is 4.51. The van der Waals surface area contributed by atoms with E-state index < -0.39 is 0 Å². The molecule has 0 aliphatic rings. The van der Waals surface area contributed by atoms with Gasteiger partial charge in [-0.25, -0.2) is 0 Å². The molecule has 0 fully saturated rings. The van der Waals surface area contributed by atoms with Crippen LogP contribution in [-0.4, -0.2) is 11.9 Å². The molecule has 4 heteroatoms. The highest BCUT2D eigenvalue weighted by Crippen LogP contribution is 2.33. The number of ether oxygens (including phenoxy) is 2. The lowest BCUT2D eigenvalue weighted by Gasteiger charge is -2.26. The standard InChI is InChI=1S/C33H48O4/c1-5-7-9-11-13-15-17-31(34)36-29-23-19-27(20-24-29)33(3,4)28-21-25-30(26-22-28)37-32(35)18-16-14-12-10-8-6-2/h19-26H,5-18H2,1-4H3. The summed E-state index contributed by atoms with van der Waals surface area (Å²) in [5.74, 6) is 0.847. The Labute approximate surface area is 225 Å². The average Bonchev–Trinajstić information content (AvgIpc) is 2.89. The van der Waals surface area contributed by atoms with Crippen molar-refractivity contribution in [1.82, 2.24) is 0 Å². The molecule has 0 aliphatic carbocycles. The van der Waals surface area contributed by atoms with Crippen LogP contribution in [0, 0.1) is 0 Å². The van der Waals surface area contributed by atoms with E-state index in [1.165, 1.54) is 51.4 Å². The quantitative estimate of drug-likeness (QED) is 0.114. The van der Waals surface area contributed by atoms with Crippen molar-refractivity contribution in [3.63, 3.8) is 0 Å². The number of carbonyl (C=O) groups excluding carboxylic acids is 2. The normalized spacial score (nSPS) is 11.4. The SMILES string of the molecule is CCCCCCCCC(=O)Oc1ccc(C(C)(C)c2ccc(OC(=O)CCCCCCCC)cc2)cc1. The van der Waals surface area contributed by atoms with Crippen LogP contribution in [-0.2, 0) is 15.0 Å². The fourth-order valence-electron chi connectivity index (χ4n) is 4.51. The summed E-state index contributed by atoms with van der Waals surface area (Å²) in [4.78, 5) is 24.3. The summed E-state index contributed by atoms with van der Waals surface area (Å²) >= 11 is 0. The maximum absolute atomic E-state index is 12.2. The second-order valence-electron chi connectivity index (χ2n) is 10.7. The van der Waals surface area contributed by atoms with E-state index in [1.807, 2.05) is 48.5 Å². The van der Waals surface area contributed by atoms with Crippen LogP contribution in [0.4, 0.5) is 0 Å². The maximum atomic E-state index is 12.2. The predicted molar refractivity (Wildman–Crippen MR) is 152 cm³/mol. The van der Waals surface area contributed by atoms with Crippen molar-refractivity contribution in [3.05, 3.63) is 59.7 Å². The van der Waals surface area contributed by atoms with Gasteiger partial charge in [0.1, 0.15) is 11.5 Å². The zero-order valence-corrected chi connectivity index (χ0v) is 23.7. The van der Waals surface area contributed by atoms with Gasteiger partial charge in [0.25, 0.3) is 0 Å². The van der Waals surface area contributed by atoms with Crippen LogP contribution >= 0.6 is 0 Å². The van der Waals surface area contributed by atoms with Crippen molar-refractivity contribution in [2.45, 2.75) is 123 Å². The molecule has 0 heterocycles. The highest BCUT2D eigenvalue weighted by atomic mass is 16.5. The summed E-state index contributed by atoms with van der Waals surface area (Å²) in [6.07, 6.45) is 14.7. The number of hydrogen-bond donors (Lipinski definition) is 0. The second-order valence-corrected chi connectivity index (χ2v) is 10.7. The Morgan fingerprint density at radius 3 is 1.22 bits per heavy atom. The van der Waals surface area contributed by atoms with E-state index in [-0.39, 0.29) is 17.4 Å². The molecule has 0 saturated heterocycles. The van der Waals surface area contributed by atoms with Crippen LogP contribution in [0.15, 0.2) is 48.5 Å². The van der Waals surface area contributed by atoms with E-state index in [0.717, 1.165) is 36.8 Å². The van der Waals surface area contributed by atoms with Crippen LogP contribution in [0.1, 0.15) is 129 Å². The van der Waals surface area contributed by atoms with Crippen molar-refractivity contribution in [2.75, 3.05) is 0 Å². The molecule has 0 bridgehead atoms. The van der Waals surface area contributed by atoms with Crippen LogP contribution in [0.3, 0.4) is 0 Å². The van der Waals surface area contributed by atoms with E-state index in [0.29, 0.717) is 24.3 Å². The van der Waals surface area contributed by atoms with Crippen molar-refractivity contribution in [3.8, 4) is 11.5 Å². The molecular weight excluding hydrogens is 460 g/mol. The molecule has 0 radical (unpaired) electrons. The number of benzene rings is 2. The van der Waals surface area contributed by atoms with Gasteiger partial charge in [0, 0.05) is 18.3 Å². The molecule has 2 rings (SSSR count). The van der Waals surface area contributed by atoms with Crippen molar-refractivity contribution in [2.24, 2.45) is 0 Å². The van der Waals surface area contributed by atoms with E-state index >= 15 is 0 Å². The molecule has 4 nitrogen and oxygen atoms in total. The highest BCUT2D eigenvalue weighted by molar-refractivity contribution is 5.72. The zero-order valence-electron chi connectivity index (χ0n) is 23.7.